The molecule has 0 spiro atoms. The molecule has 1 heterocycles. The topological polar surface area (TPSA) is 88.2 Å². The van der Waals surface area contributed by atoms with E-state index < -0.39 is 5.97 Å². The predicted octanol–water partition coefficient (Wildman–Crippen LogP) is 3.26. The van der Waals surface area contributed by atoms with Gasteiger partial charge in [0.25, 0.3) is 0 Å². The Bertz CT molecular complexity index is 831. The first kappa shape index (κ1) is 12.9. The molecule has 0 aliphatic heterocycles. The molecule has 0 saturated heterocycles. The van der Waals surface area contributed by atoms with Gasteiger partial charge in [-0.2, -0.15) is 0 Å². The SMILES string of the molecule is Nc1ccc(C(=O)O)cc1Nc1cnc2ccccc2c1. The number of aromatic carboxylic acids is 1. The van der Waals surface area contributed by atoms with Crippen LogP contribution in [0.15, 0.2) is 54.7 Å². The van der Waals surface area contributed by atoms with E-state index in [2.05, 4.69) is 10.3 Å². The fourth-order valence-corrected chi connectivity index (χ4v) is 2.09. The summed E-state index contributed by atoms with van der Waals surface area (Å²) in [7, 11) is 0. The molecule has 3 rings (SSSR count). The second-order valence-corrected chi connectivity index (χ2v) is 4.65. The minimum Gasteiger partial charge on any atom is -0.478 e. The fraction of sp³-hybridized carbons (Fsp3) is 0. The lowest BCUT2D eigenvalue weighted by molar-refractivity contribution is 0.0697. The van der Waals surface area contributed by atoms with Gasteiger partial charge in [-0.05, 0) is 30.3 Å². The van der Waals surface area contributed by atoms with Crippen molar-refractivity contribution in [2.45, 2.75) is 0 Å². The van der Waals surface area contributed by atoms with Gasteiger partial charge in [-0.25, -0.2) is 4.79 Å². The van der Waals surface area contributed by atoms with Gasteiger partial charge in [-0.3, -0.25) is 4.98 Å². The monoisotopic (exact) mass is 279 g/mol. The van der Waals surface area contributed by atoms with Crippen LogP contribution in [-0.2, 0) is 0 Å². The number of aromatic nitrogens is 1. The molecule has 0 bridgehead atoms. The number of rotatable bonds is 3. The zero-order chi connectivity index (χ0) is 14.8. The number of nitrogen functional groups attached to an aromatic ring is 1. The van der Waals surface area contributed by atoms with Crippen LogP contribution < -0.4 is 11.1 Å². The summed E-state index contributed by atoms with van der Waals surface area (Å²) in [4.78, 5) is 15.4. The van der Waals surface area contributed by atoms with Crippen molar-refractivity contribution in [3.63, 3.8) is 0 Å². The molecule has 1 aromatic heterocycles. The van der Waals surface area contributed by atoms with Gasteiger partial charge >= 0.3 is 5.97 Å². The molecule has 4 N–H and O–H groups in total. The highest BCUT2D eigenvalue weighted by Gasteiger charge is 2.07. The first-order chi connectivity index (χ1) is 10.1. The largest absolute Gasteiger partial charge is 0.478 e. The number of anilines is 3. The normalized spacial score (nSPS) is 10.5. The molecule has 0 unspecified atom stereocenters. The Kier molecular flexibility index (Phi) is 3.16. The van der Waals surface area contributed by atoms with Gasteiger partial charge in [0.15, 0.2) is 0 Å². The predicted molar refractivity (Wildman–Crippen MR) is 82.8 cm³/mol. The Balaban J connectivity index is 1.98. The molecule has 0 fully saturated rings. The van der Waals surface area contributed by atoms with Crippen molar-refractivity contribution in [2.24, 2.45) is 0 Å². The van der Waals surface area contributed by atoms with E-state index in [0.29, 0.717) is 11.4 Å². The zero-order valence-corrected chi connectivity index (χ0v) is 11.1. The lowest BCUT2D eigenvalue weighted by Crippen LogP contribution is -2.01. The Morgan fingerprint density at radius 1 is 1.14 bits per heavy atom. The molecule has 3 aromatic rings. The number of hydrogen-bond acceptors (Lipinski definition) is 4. The molecule has 0 atom stereocenters. The number of carbonyl (C=O) groups is 1. The van der Waals surface area contributed by atoms with E-state index in [9.17, 15) is 4.79 Å². The van der Waals surface area contributed by atoms with Crippen LogP contribution in [0.1, 0.15) is 10.4 Å². The van der Waals surface area contributed by atoms with E-state index >= 15 is 0 Å². The summed E-state index contributed by atoms with van der Waals surface area (Å²) in [5.74, 6) is -0.991. The molecule has 104 valence electrons. The van der Waals surface area contributed by atoms with Crippen molar-refractivity contribution in [1.82, 2.24) is 4.98 Å². The molecule has 5 heteroatoms. The molecular formula is C16H13N3O2. The number of benzene rings is 2. The Labute approximate surface area is 121 Å². The summed E-state index contributed by atoms with van der Waals surface area (Å²) in [6.45, 7) is 0. The fourth-order valence-electron chi connectivity index (χ4n) is 2.09. The van der Waals surface area contributed by atoms with Crippen molar-refractivity contribution >= 4 is 33.9 Å². The molecule has 5 nitrogen and oxygen atoms in total. The number of nitrogens with one attached hydrogen (secondary N) is 1. The van der Waals surface area contributed by atoms with Crippen molar-refractivity contribution in [3.8, 4) is 0 Å². The number of carboxylic acids is 1. The van der Waals surface area contributed by atoms with E-state index in [1.807, 2.05) is 30.3 Å². The van der Waals surface area contributed by atoms with Crippen LogP contribution in [0.4, 0.5) is 17.1 Å². The van der Waals surface area contributed by atoms with Crippen LogP contribution in [0.2, 0.25) is 0 Å². The van der Waals surface area contributed by atoms with Crippen LogP contribution in [0.5, 0.6) is 0 Å². The van der Waals surface area contributed by atoms with Crippen molar-refractivity contribution in [3.05, 3.63) is 60.3 Å². The Hall–Kier alpha value is -3.08. The van der Waals surface area contributed by atoms with Crippen LogP contribution in [0, 0.1) is 0 Å². The average Bonchev–Trinajstić information content (AvgIpc) is 2.49. The number of nitrogens with zero attached hydrogens (tertiary/aromatic N) is 1. The van der Waals surface area contributed by atoms with Gasteiger partial charge in [0, 0.05) is 5.39 Å². The van der Waals surface area contributed by atoms with Crippen molar-refractivity contribution in [1.29, 1.82) is 0 Å². The number of para-hydroxylation sites is 1. The van der Waals surface area contributed by atoms with Crippen molar-refractivity contribution in [2.75, 3.05) is 11.1 Å². The third kappa shape index (κ3) is 2.62. The quantitative estimate of drug-likeness (QED) is 0.640. The van der Waals surface area contributed by atoms with Gasteiger partial charge in [0.05, 0.1) is 34.3 Å². The van der Waals surface area contributed by atoms with Crippen molar-refractivity contribution < 1.29 is 9.90 Å². The molecule has 0 amide bonds. The number of nitrogens with two attached hydrogens (primary N) is 1. The smallest absolute Gasteiger partial charge is 0.335 e. The highest BCUT2D eigenvalue weighted by Crippen LogP contribution is 2.25. The minimum absolute atomic E-state index is 0.181. The van der Waals surface area contributed by atoms with Crippen LogP contribution in [0.3, 0.4) is 0 Å². The molecular weight excluding hydrogens is 266 g/mol. The van der Waals surface area contributed by atoms with Crippen LogP contribution in [0.25, 0.3) is 10.9 Å². The summed E-state index contributed by atoms with van der Waals surface area (Å²) in [5, 5.41) is 13.1. The molecule has 0 aliphatic rings. The first-order valence-corrected chi connectivity index (χ1v) is 6.38. The zero-order valence-electron chi connectivity index (χ0n) is 11.1. The third-order valence-corrected chi connectivity index (χ3v) is 3.17. The lowest BCUT2D eigenvalue weighted by atomic mass is 10.1. The Morgan fingerprint density at radius 3 is 2.76 bits per heavy atom. The maximum absolute atomic E-state index is 11.0. The van der Waals surface area contributed by atoms with Gasteiger partial charge in [0.1, 0.15) is 0 Å². The summed E-state index contributed by atoms with van der Waals surface area (Å²) < 4.78 is 0. The standard InChI is InChI=1S/C16H13N3O2/c17-13-6-5-11(16(20)21)8-15(13)19-12-7-10-3-1-2-4-14(10)18-9-12/h1-9,19H,17H2,(H,20,21). The van der Waals surface area contributed by atoms with Gasteiger partial charge in [0.2, 0.25) is 0 Å². The second-order valence-electron chi connectivity index (χ2n) is 4.65. The molecule has 0 saturated carbocycles. The van der Waals surface area contributed by atoms with E-state index in [1.165, 1.54) is 12.1 Å². The minimum atomic E-state index is -0.991. The van der Waals surface area contributed by atoms with Crippen LogP contribution >= 0.6 is 0 Å². The highest BCUT2D eigenvalue weighted by atomic mass is 16.4. The number of hydrogen-bond donors (Lipinski definition) is 3. The second kappa shape index (κ2) is 5.13. The summed E-state index contributed by atoms with van der Waals surface area (Å²) >= 11 is 0. The van der Waals surface area contributed by atoms with Gasteiger partial charge in [-0.15, -0.1) is 0 Å². The number of carboxylic acid groups (broad SMARTS) is 1. The maximum Gasteiger partial charge on any atom is 0.335 e. The summed E-state index contributed by atoms with van der Waals surface area (Å²) in [6, 6.07) is 14.2. The van der Waals surface area contributed by atoms with E-state index in [4.69, 9.17) is 10.8 Å². The van der Waals surface area contributed by atoms with Gasteiger partial charge in [-0.1, -0.05) is 18.2 Å². The van der Waals surface area contributed by atoms with Gasteiger partial charge < -0.3 is 16.2 Å². The average molecular weight is 279 g/mol. The number of pyridine rings is 1. The van der Waals surface area contributed by atoms with E-state index in [-0.39, 0.29) is 5.56 Å². The van der Waals surface area contributed by atoms with Crippen LogP contribution in [-0.4, -0.2) is 16.1 Å². The van der Waals surface area contributed by atoms with E-state index in [1.54, 1.807) is 12.3 Å². The molecule has 0 radical (unpaired) electrons. The lowest BCUT2D eigenvalue weighted by Gasteiger charge is -2.10. The Morgan fingerprint density at radius 2 is 1.95 bits per heavy atom. The summed E-state index contributed by atoms with van der Waals surface area (Å²) in [5.41, 5.74) is 8.73. The summed E-state index contributed by atoms with van der Waals surface area (Å²) in [6.07, 6.45) is 1.69. The molecule has 0 aliphatic carbocycles. The highest BCUT2D eigenvalue weighted by molar-refractivity contribution is 5.91. The molecule has 21 heavy (non-hydrogen) atoms. The number of fused-ring (bicyclic) bond motifs is 1. The third-order valence-electron chi connectivity index (χ3n) is 3.17. The van der Waals surface area contributed by atoms with E-state index in [0.717, 1.165) is 16.6 Å². The molecule has 2 aromatic carbocycles. The maximum atomic E-state index is 11.0. The first-order valence-electron chi connectivity index (χ1n) is 6.38.